The van der Waals surface area contributed by atoms with E-state index in [1.807, 2.05) is 0 Å². The van der Waals surface area contributed by atoms with Gasteiger partial charge in [-0.3, -0.25) is 4.79 Å². The molecule has 0 bridgehead atoms. The summed E-state index contributed by atoms with van der Waals surface area (Å²) < 4.78 is 5.24. The number of carbonyl (C=O) groups excluding carboxylic acids is 1. The van der Waals surface area contributed by atoms with Crippen molar-refractivity contribution in [1.29, 1.82) is 0 Å². The van der Waals surface area contributed by atoms with E-state index in [9.17, 15) is 4.79 Å². The zero-order valence-electron chi connectivity index (χ0n) is 11.7. The molecule has 2 aliphatic carbocycles. The third-order valence-corrected chi connectivity index (χ3v) is 5.33. The highest BCUT2D eigenvalue weighted by Gasteiger charge is 2.31. The molecule has 6 heteroatoms. The fourth-order valence-electron chi connectivity index (χ4n) is 2.87. The third kappa shape index (κ3) is 2.37. The molecule has 1 fully saturated rings. The van der Waals surface area contributed by atoms with Gasteiger partial charge in [0.2, 0.25) is 0 Å². The first-order chi connectivity index (χ1) is 10.2. The number of anilines is 1. The van der Waals surface area contributed by atoms with E-state index in [1.165, 1.54) is 23.3 Å². The van der Waals surface area contributed by atoms with Gasteiger partial charge in [-0.2, -0.15) is 0 Å². The summed E-state index contributed by atoms with van der Waals surface area (Å²) in [6.45, 7) is 0.123. The average molecular weight is 303 g/mol. The van der Waals surface area contributed by atoms with E-state index < -0.39 is 0 Å². The van der Waals surface area contributed by atoms with Crippen molar-refractivity contribution in [2.45, 2.75) is 45.1 Å². The van der Waals surface area contributed by atoms with Crippen molar-refractivity contribution >= 4 is 33.3 Å². The summed E-state index contributed by atoms with van der Waals surface area (Å²) in [6.07, 6.45) is 6.51. The minimum atomic E-state index is -0.136. The minimum Gasteiger partial charge on any atom is -0.457 e. The van der Waals surface area contributed by atoms with Crippen LogP contribution < -0.4 is 5.73 Å². The molecule has 0 spiro atoms. The highest BCUT2D eigenvalue weighted by atomic mass is 32.1. The van der Waals surface area contributed by atoms with Crippen LogP contribution in [0, 0.1) is 5.92 Å². The predicted molar refractivity (Wildman–Crippen MR) is 81.0 cm³/mol. The summed E-state index contributed by atoms with van der Waals surface area (Å²) in [7, 11) is 0. The van der Waals surface area contributed by atoms with Gasteiger partial charge in [-0.25, -0.2) is 9.97 Å². The zero-order valence-corrected chi connectivity index (χ0v) is 12.5. The minimum absolute atomic E-state index is 0.0973. The number of fused-ring (bicyclic) bond motifs is 3. The molecule has 5 nitrogen and oxygen atoms in total. The fourth-order valence-corrected chi connectivity index (χ4v) is 4.16. The quantitative estimate of drug-likeness (QED) is 0.882. The average Bonchev–Trinajstić information content (AvgIpc) is 3.25. The topological polar surface area (TPSA) is 78.1 Å². The maximum atomic E-state index is 11.6. The van der Waals surface area contributed by atoms with Crippen LogP contribution in [0.25, 0.3) is 10.2 Å². The van der Waals surface area contributed by atoms with E-state index in [2.05, 4.69) is 9.97 Å². The number of rotatable bonds is 3. The van der Waals surface area contributed by atoms with Gasteiger partial charge in [-0.1, -0.05) is 0 Å². The van der Waals surface area contributed by atoms with Crippen LogP contribution in [0.1, 0.15) is 41.9 Å². The lowest BCUT2D eigenvalue weighted by Gasteiger charge is -2.10. The molecule has 21 heavy (non-hydrogen) atoms. The van der Waals surface area contributed by atoms with Gasteiger partial charge >= 0.3 is 5.97 Å². The first-order valence-electron chi connectivity index (χ1n) is 7.45. The Bertz CT molecular complexity index is 721. The fraction of sp³-hybridized carbons (Fsp3) is 0.533. The number of hydrogen-bond donors (Lipinski definition) is 1. The van der Waals surface area contributed by atoms with E-state index in [-0.39, 0.29) is 18.5 Å². The van der Waals surface area contributed by atoms with Crippen molar-refractivity contribution in [3.05, 3.63) is 16.3 Å². The van der Waals surface area contributed by atoms with Crippen LogP contribution in [0.15, 0.2) is 0 Å². The van der Waals surface area contributed by atoms with Crippen LogP contribution in [0.5, 0.6) is 0 Å². The van der Waals surface area contributed by atoms with Crippen molar-refractivity contribution in [3.8, 4) is 0 Å². The van der Waals surface area contributed by atoms with Gasteiger partial charge in [0.1, 0.15) is 10.6 Å². The first kappa shape index (κ1) is 13.0. The largest absolute Gasteiger partial charge is 0.457 e. The maximum absolute atomic E-state index is 11.6. The van der Waals surface area contributed by atoms with Gasteiger partial charge in [-0.15, -0.1) is 11.3 Å². The number of ether oxygens (including phenoxy) is 1. The molecule has 0 radical (unpaired) electrons. The lowest BCUT2D eigenvalue weighted by molar-refractivity contribution is -0.146. The summed E-state index contributed by atoms with van der Waals surface area (Å²) in [5, 5.41) is 1.02. The molecule has 0 aromatic carbocycles. The molecular weight excluding hydrogens is 286 g/mol. The number of esters is 1. The molecule has 2 heterocycles. The Kier molecular flexibility index (Phi) is 3.06. The van der Waals surface area contributed by atoms with Crippen molar-refractivity contribution in [3.63, 3.8) is 0 Å². The zero-order chi connectivity index (χ0) is 14.4. The van der Waals surface area contributed by atoms with Crippen LogP contribution in [0.2, 0.25) is 0 Å². The molecule has 2 aromatic heterocycles. The molecule has 0 saturated heterocycles. The Balaban J connectivity index is 1.63. The van der Waals surface area contributed by atoms with Crippen LogP contribution >= 0.6 is 11.3 Å². The lowest BCUT2D eigenvalue weighted by Crippen LogP contribution is -2.09. The van der Waals surface area contributed by atoms with Gasteiger partial charge in [-0.05, 0) is 44.1 Å². The molecule has 0 aliphatic heterocycles. The normalized spacial score (nSPS) is 17.7. The van der Waals surface area contributed by atoms with Gasteiger partial charge in [0.05, 0.1) is 11.3 Å². The lowest BCUT2D eigenvalue weighted by atomic mass is 9.97. The van der Waals surface area contributed by atoms with Crippen LogP contribution in [0.4, 0.5) is 5.82 Å². The smallest absolute Gasteiger partial charge is 0.309 e. The van der Waals surface area contributed by atoms with Gasteiger partial charge in [0.15, 0.2) is 12.4 Å². The van der Waals surface area contributed by atoms with E-state index in [0.29, 0.717) is 11.6 Å². The molecule has 4 rings (SSSR count). The second kappa shape index (κ2) is 4.94. The summed E-state index contributed by atoms with van der Waals surface area (Å²) in [5.74, 6) is 0.993. The number of carbonyl (C=O) groups is 1. The molecule has 0 unspecified atom stereocenters. The number of hydrogen-bond acceptors (Lipinski definition) is 6. The summed E-state index contributed by atoms with van der Waals surface area (Å²) in [6, 6.07) is 0. The highest BCUT2D eigenvalue weighted by molar-refractivity contribution is 7.19. The number of nitrogens with zero attached hydrogens (tertiary/aromatic N) is 2. The van der Waals surface area contributed by atoms with E-state index in [0.717, 1.165) is 35.9 Å². The van der Waals surface area contributed by atoms with Crippen molar-refractivity contribution in [1.82, 2.24) is 9.97 Å². The van der Waals surface area contributed by atoms with E-state index >= 15 is 0 Å². The molecule has 2 aromatic rings. The van der Waals surface area contributed by atoms with Crippen LogP contribution in [0.3, 0.4) is 0 Å². The van der Waals surface area contributed by atoms with Gasteiger partial charge < -0.3 is 10.5 Å². The number of thiophene rings is 1. The predicted octanol–water partition coefficient (Wildman–Crippen LogP) is 2.61. The summed E-state index contributed by atoms with van der Waals surface area (Å²) >= 11 is 1.71. The Morgan fingerprint density at radius 2 is 2.10 bits per heavy atom. The van der Waals surface area contributed by atoms with Crippen molar-refractivity contribution < 1.29 is 9.53 Å². The molecule has 0 atom stereocenters. The standard InChI is InChI=1S/C15H17N3O2S/c16-13-12-9-3-1-2-4-10(9)21-14(12)18-11(17-13)7-20-15(19)8-5-6-8/h8H,1-7H2,(H2,16,17,18). The first-order valence-corrected chi connectivity index (χ1v) is 8.27. The maximum Gasteiger partial charge on any atom is 0.309 e. The highest BCUT2D eigenvalue weighted by Crippen LogP contribution is 2.37. The Morgan fingerprint density at radius 1 is 1.29 bits per heavy atom. The molecule has 1 saturated carbocycles. The molecule has 0 amide bonds. The SMILES string of the molecule is Nc1nc(COC(=O)C2CC2)nc2sc3c(c12)CCCC3. The summed E-state index contributed by atoms with van der Waals surface area (Å²) in [5.41, 5.74) is 7.45. The van der Waals surface area contributed by atoms with E-state index in [4.69, 9.17) is 10.5 Å². The van der Waals surface area contributed by atoms with Gasteiger partial charge in [0.25, 0.3) is 0 Å². The molecular formula is C15H17N3O2S. The second-order valence-electron chi connectivity index (χ2n) is 5.80. The number of nitrogens with two attached hydrogens (primary N) is 1. The van der Waals surface area contributed by atoms with Crippen molar-refractivity contribution in [2.24, 2.45) is 5.92 Å². The Morgan fingerprint density at radius 3 is 2.90 bits per heavy atom. The number of aryl methyl sites for hydroxylation is 2. The second-order valence-corrected chi connectivity index (χ2v) is 6.88. The van der Waals surface area contributed by atoms with Crippen LogP contribution in [-0.2, 0) is 29.0 Å². The monoisotopic (exact) mass is 303 g/mol. The van der Waals surface area contributed by atoms with Crippen molar-refractivity contribution in [2.75, 3.05) is 5.73 Å². The number of nitrogen functional groups attached to an aromatic ring is 1. The van der Waals surface area contributed by atoms with E-state index in [1.54, 1.807) is 11.3 Å². The summed E-state index contributed by atoms with van der Waals surface area (Å²) in [4.78, 5) is 22.8. The molecule has 2 N–H and O–H groups in total. The molecule has 2 aliphatic rings. The molecule has 110 valence electrons. The third-order valence-electron chi connectivity index (χ3n) is 4.14. The van der Waals surface area contributed by atoms with Crippen LogP contribution in [-0.4, -0.2) is 15.9 Å². The van der Waals surface area contributed by atoms with Gasteiger partial charge in [0, 0.05) is 4.88 Å². The Hall–Kier alpha value is -1.69. The Labute approximate surface area is 126 Å². The number of aromatic nitrogens is 2.